The molecule has 7 heteroatoms. The highest BCUT2D eigenvalue weighted by Gasteiger charge is 2.27. The van der Waals surface area contributed by atoms with E-state index in [0.717, 1.165) is 37.8 Å². The number of morpholine rings is 2. The summed E-state index contributed by atoms with van der Waals surface area (Å²) < 4.78 is 10.9. The molecule has 1 aromatic rings. The lowest BCUT2D eigenvalue weighted by Gasteiger charge is -2.36. The number of hydrogen-bond donors (Lipinski definition) is 1. The van der Waals surface area contributed by atoms with Gasteiger partial charge in [-0.25, -0.2) is 9.78 Å². The maximum Gasteiger partial charge on any atom is 0.318 e. The molecular weight excluding hydrogens is 308 g/mol. The van der Waals surface area contributed by atoms with Gasteiger partial charge in [0.2, 0.25) is 0 Å². The van der Waals surface area contributed by atoms with Gasteiger partial charge < -0.3 is 24.6 Å². The number of nitrogens with zero attached hydrogens (tertiary/aromatic N) is 3. The molecule has 0 aromatic carbocycles. The second-order valence-electron chi connectivity index (χ2n) is 6.39. The molecule has 0 bridgehead atoms. The summed E-state index contributed by atoms with van der Waals surface area (Å²) in [5.74, 6) is 0.943. The zero-order valence-electron chi connectivity index (χ0n) is 14.4. The van der Waals surface area contributed by atoms with Gasteiger partial charge in [-0.3, -0.25) is 0 Å². The number of hydrogen-bond acceptors (Lipinski definition) is 5. The lowest BCUT2D eigenvalue weighted by Crippen LogP contribution is -2.53. The molecule has 3 heterocycles. The summed E-state index contributed by atoms with van der Waals surface area (Å²) in [5, 5.41) is 2.98. The number of nitrogens with one attached hydrogen (secondary N) is 1. The fourth-order valence-electron chi connectivity index (χ4n) is 2.99. The maximum absolute atomic E-state index is 12.4. The van der Waals surface area contributed by atoms with Gasteiger partial charge in [0.25, 0.3) is 0 Å². The molecule has 0 spiro atoms. The predicted molar refractivity (Wildman–Crippen MR) is 91.1 cm³/mol. The number of rotatable bonds is 3. The summed E-state index contributed by atoms with van der Waals surface area (Å²) in [4.78, 5) is 21.1. The third kappa shape index (κ3) is 4.15. The van der Waals surface area contributed by atoms with Crippen molar-refractivity contribution in [3.8, 4) is 0 Å². The number of carbonyl (C=O) groups excluding carboxylic acids is 1. The minimum Gasteiger partial charge on any atom is -0.378 e. The van der Waals surface area contributed by atoms with Crippen LogP contribution in [0.3, 0.4) is 0 Å². The Hall–Kier alpha value is -1.86. The van der Waals surface area contributed by atoms with E-state index in [0.29, 0.717) is 19.7 Å². The van der Waals surface area contributed by atoms with E-state index >= 15 is 0 Å². The smallest absolute Gasteiger partial charge is 0.318 e. The number of amides is 2. The van der Waals surface area contributed by atoms with Gasteiger partial charge in [0.05, 0.1) is 44.2 Å². The van der Waals surface area contributed by atoms with Crippen molar-refractivity contribution in [2.45, 2.75) is 32.5 Å². The fourth-order valence-corrected chi connectivity index (χ4v) is 2.99. The zero-order valence-corrected chi connectivity index (χ0v) is 14.4. The molecule has 24 heavy (non-hydrogen) atoms. The summed E-state index contributed by atoms with van der Waals surface area (Å²) in [6.45, 7) is 8.79. The van der Waals surface area contributed by atoms with Gasteiger partial charge in [0.15, 0.2) is 0 Å². The van der Waals surface area contributed by atoms with Crippen LogP contribution in [0.4, 0.5) is 10.6 Å². The molecule has 0 saturated carbocycles. The first kappa shape index (κ1) is 17.0. The number of aromatic nitrogens is 1. The molecule has 132 valence electrons. The summed E-state index contributed by atoms with van der Waals surface area (Å²) in [7, 11) is 0. The van der Waals surface area contributed by atoms with E-state index in [-0.39, 0.29) is 18.2 Å². The standard InChI is InChI=1S/C17H26N4O3/c1-13-12-24-14(2)11-21(13)17(22)18-10-15-4-3-5-16(19-15)20-6-8-23-9-7-20/h3-5,13-14H,6-12H2,1-2H3,(H,18,22). The minimum atomic E-state index is -0.0591. The van der Waals surface area contributed by atoms with Gasteiger partial charge in [-0.05, 0) is 26.0 Å². The molecule has 2 saturated heterocycles. The molecule has 2 atom stereocenters. The summed E-state index contributed by atoms with van der Waals surface area (Å²) in [6.07, 6.45) is 0.0784. The molecule has 0 aliphatic carbocycles. The van der Waals surface area contributed by atoms with E-state index in [2.05, 4.69) is 15.2 Å². The van der Waals surface area contributed by atoms with Crippen LogP contribution < -0.4 is 10.2 Å². The summed E-state index contributed by atoms with van der Waals surface area (Å²) in [5.41, 5.74) is 0.862. The van der Waals surface area contributed by atoms with Crippen molar-refractivity contribution in [2.75, 3.05) is 44.4 Å². The average molecular weight is 334 g/mol. The van der Waals surface area contributed by atoms with Crippen LogP contribution in [0.2, 0.25) is 0 Å². The molecule has 2 aliphatic heterocycles. The van der Waals surface area contributed by atoms with Crippen LogP contribution in [0.1, 0.15) is 19.5 Å². The van der Waals surface area contributed by atoms with Crippen molar-refractivity contribution in [3.63, 3.8) is 0 Å². The Balaban J connectivity index is 1.57. The largest absolute Gasteiger partial charge is 0.378 e. The van der Waals surface area contributed by atoms with Gasteiger partial charge in [-0.2, -0.15) is 0 Å². The number of pyridine rings is 1. The highest BCUT2D eigenvalue weighted by atomic mass is 16.5. The Labute approximate surface area is 142 Å². The first-order chi connectivity index (χ1) is 11.6. The van der Waals surface area contributed by atoms with Crippen molar-refractivity contribution in [1.29, 1.82) is 0 Å². The Morgan fingerprint density at radius 2 is 2.12 bits per heavy atom. The average Bonchev–Trinajstić information content (AvgIpc) is 2.63. The van der Waals surface area contributed by atoms with E-state index in [4.69, 9.17) is 9.47 Å². The number of ether oxygens (including phenoxy) is 2. The lowest BCUT2D eigenvalue weighted by molar-refractivity contribution is -0.0318. The monoisotopic (exact) mass is 334 g/mol. The van der Waals surface area contributed by atoms with Crippen LogP contribution in [0.25, 0.3) is 0 Å². The Kier molecular flexibility index (Phi) is 5.52. The topological polar surface area (TPSA) is 66.9 Å². The van der Waals surface area contributed by atoms with Crippen LogP contribution in [0.5, 0.6) is 0 Å². The first-order valence-corrected chi connectivity index (χ1v) is 8.58. The van der Waals surface area contributed by atoms with Crippen molar-refractivity contribution in [2.24, 2.45) is 0 Å². The van der Waals surface area contributed by atoms with Crippen molar-refractivity contribution < 1.29 is 14.3 Å². The third-order valence-electron chi connectivity index (χ3n) is 4.42. The van der Waals surface area contributed by atoms with Crippen LogP contribution in [0.15, 0.2) is 18.2 Å². The molecule has 2 unspecified atom stereocenters. The molecular formula is C17H26N4O3. The Bertz CT molecular complexity index is 563. The van der Waals surface area contributed by atoms with Crippen LogP contribution in [-0.4, -0.2) is 67.5 Å². The van der Waals surface area contributed by atoms with Crippen molar-refractivity contribution in [3.05, 3.63) is 23.9 Å². The van der Waals surface area contributed by atoms with E-state index in [1.165, 1.54) is 0 Å². The number of urea groups is 1. The van der Waals surface area contributed by atoms with Crippen molar-refractivity contribution in [1.82, 2.24) is 15.2 Å². The van der Waals surface area contributed by atoms with Gasteiger partial charge in [-0.1, -0.05) is 6.07 Å². The van der Waals surface area contributed by atoms with Gasteiger partial charge in [-0.15, -0.1) is 0 Å². The molecule has 7 nitrogen and oxygen atoms in total. The predicted octanol–water partition coefficient (Wildman–Crippen LogP) is 1.24. The molecule has 2 amide bonds. The van der Waals surface area contributed by atoms with Gasteiger partial charge >= 0.3 is 6.03 Å². The zero-order chi connectivity index (χ0) is 16.9. The summed E-state index contributed by atoms with van der Waals surface area (Å²) in [6, 6.07) is 5.96. The number of carbonyl (C=O) groups is 1. The summed E-state index contributed by atoms with van der Waals surface area (Å²) >= 11 is 0. The van der Waals surface area contributed by atoms with E-state index in [9.17, 15) is 4.79 Å². The minimum absolute atomic E-state index is 0.0591. The maximum atomic E-state index is 12.4. The number of anilines is 1. The van der Waals surface area contributed by atoms with Crippen LogP contribution >= 0.6 is 0 Å². The van der Waals surface area contributed by atoms with E-state index in [1.807, 2.05) is 36.9 Å². The second-order valence-corrected chi connectivity index (χ2v) is 6.39. The van der Waals surface area contributed by atoms with Crippen LogP contribution in [-0.2, 0) is 16.0 Å². The SMILES string of the molecule is CC1CN(C(=O)NCc2cccc(N3CCOCC3)n2)C(C)CO1. The molecule has 2 aliphatic rings. The molecule has 1 N–H and O–H groups in total. The quantitative estimate of drug-likeness (QED) is 0.901. The van der Waals surface area contributed by atoms with Crippen LogP contribution in [0, 0.1) is 0 Å². The fraction of sp³-hybridized carbons (Fsp3) is 0.647. The molecule has 1 aromatic heterocycles. The normalized spacial score (nSPS) is 24.8. The molecule has 3 rings (SSSR count). The first-order valence-electron chi connectivity index (χ1n) is 8.58. The third-order valence-corrected chi connectivity index (χ3v) is 4.42. The van der Waals surface area contributed by atoms with Gasteiger partial charge in [0.1, 0.15) is 5.82 Å². The van der Waals surface area contributed by atoms with Crippen molar-refractivity contribution >= 4 is 11.8 Å². The Morgan fingerprint density at radius 3 is 2.92 bits per heavy atom. The molecule has 2 fully saturated rings. The van der Waals surface area contributed by atoms with E-state index < -0.39 is 0 Å². The highest BCUT2D eigenvalue weighted by Crippen LogP contribution is 2.14. The second kappa shape index (κ2) is 7.81. The van der Waals surface area contributed by atoms with Gasteiger partial charge in [0, 0.05) is 19.6 Å². The Morgan fingerprint density at radius 1 is 1.33 bits per heavy atom. The lowest BCUT2D eigenvalue weighted by atomic mass is 10.2. The molecule has 0 radical (unpaired) electrons. The highest BCUT2D eigenvalue weighted by molar-refractivity contribution is 5.74. The van der Waals surface area contributed by atoms with E-state index in [1.54, 1.807) is 0 Å².